The molecule has 0 fully saturated rings. The van der Waals surface area contributed by atoms with Gasteiger partial charge in [0.1, 0.15) is 6.17 Å². The standard InChI is InChI=1S/C8H8FN/c1-6-2-3-7(5-10)8(9)4-6/h2-3,8H,4H2,1H3/t8-/m0/s1. The highest BCUT2D eigenvalue weighted by atomic mass is 19.1. The average Bonchev–Trinajstić information content (AvgIpc) is 1.88. The molecule has 0 unspecified atom stereocenters. The highest BCUT2D eigenvalue weighted by Crippen LogP contribution is 2.20. The summed E-state index contributed by atoms with van der Waals surface area (Å²) < 4.78 is 12.8. The Labute approximate surface area is 59.5 Å². The SMILES string of the molecule is CC1=CC=C(C#N)[C@@H](F)C1. The van der Waals surface area contributed by atoms with Gasteiger partial charge in [-0.25, -0.2) is 4.39 Å². The zero-order chi connectivity index (χ0) is 7.56. The molecule has 2 heteroatoms. The largest absolute Gasteiger partial charge is 0.241 e. The van der Waals surface area contributed by atoms with Gasteiger partial charge in [-0.1, -0.05) is 11.6 Å². The van der Waals surface area contributed by atoms with Crippen LogP contribution in [-0.4, -0.2) is 6.17 Å². The van der Waals surface area contributed by atoms with Crippen LogP contribution in [0.5, 0.6) is 0 Å². The summed E-state index contributed by atoms with van der Waals surface area (Å²) in [7, 11) is 0. The summed E-state index contributed by atoms with van der Waals surface area (Å²) in [6.45, 7) is 1.86. The fourth-order valence-electron chi connectivity index (χ4n) is 0.904. The van der Waals surface area contributed by atoms with Crippen molar-refractivity contribution < 1.29 is 4.39 Å². The number of nitriles is 1. The van der Waals surface area contributed by atoms with Crippen LogP contribution in [0.4, 0.5) is 4.39 Å². The molecule has 0 aliphatic heterocycles. The van der Waals surface area contributed by atoms with Gasteiger partial charge in [0.2, 0.25) is 0 Å². The molecule has 52 valence electrons. The fourth-order valence-corrected chi connectivity index (χ4v) is 0.904. The summed E-state index contributed by atoms with van der Waals surface area (Å²) in [5.41, 5.74) is 1.23. The van der Waals surface area contributed by atoms with Crippen LogP contribution in [0.3, 0.4) is 0 Å². The predicted molar refractivity (Wildman–Crippen MR) is 37.0 cm³/mol. The quantitative estimate of drug-likeness (QED) is 0.501. The van der Waals surface area contributed by atoms with Crippen molar-refractivity contribution in [2.45, 2.75) is 19.5 Å². The van der Waals surface area contributed by atoms with Gasteiger partial charge in [0, 0.05) is 6.42 Å². The molecule has 0 aromatic carbocycles. The van der Waals surface area contributed by atoms with Crippen molar-refractivity contribution in [2.75, 3.05) is 0 Å². The maximum atomic E-state index is 12.8. The van der Waals surface area contributed by atoms with Gasteiger partial charge in [-0.05, 0) is 13.0 Å². The number of allylic oxidation sites excluding steroid dienone is 4. The van der Waals surface area contributed by atoms with Crippen LogP contribution >= 0.6 is 0 Å². The first-order valence-electron chi connectivity index (χ1n) is 3.15. The topological polar surface area (TPSA) is 23.8 Å². The van der Waals surface area contributed by atoms with E-state index in [0.717, 1.165) is 5.57 Å². The molecular formula is C8H8FN. The minimum atomic E-state index is -1.07. The number of alkyl halides is 1. The molecule has 0 aromatic rings. The van der Waals surface area contributed by atoms with Crippen LogP contribution in [0, 0.1) is 11.3 Å². The van der Waals surface area contributed by atoms with E-state index >= 15 is 0 Å². The molecule has 0 N–H and O–H groups in total. The molecule has 1 rings (SSSR count). The molecule has 0 heterocycles. The molecule has 0 saturated heterocycles. The maximum absolute atomic E-state index is 12.8. The van der Waals surface area contributed by atoms with E-state index in [2.05, 4.69) is 0 Å². The van der Waals surface area contributed by atoms with Crippen molar-refractivity contribution in [1.29, 1.82) is 5.26 Å². The van der Waals surface area contributed by atoms with Gasteiger partial charge in [0.25, 0.3) is 0 Å². The number of halogens is 1. The molecule has 1 nitrogen and oxygen atoms in total. The minimum absolute atomic E-state index is 0.241. The lowest BCUT2D eigenvalue weighted by atomic mass is 9.99. The van der Waals surface area contributed by atoms with Crippen molar-refractivity contribution in [3.63, 3.8) is 0 Å². The van der Waals surface area contributed by atoms with Gasteiger partial charge in [-0.2, -0.15) is 5.26 Å². The van der Waals surface area contributed by atoms with Gasteiger partial charge in [-0.15, -0.1) is 0 Å². The molecule has 1 atom stereocenters. The second kappa shape index (κ2) is 2.66. The molecule has 0 aromatic heterocycles. The van der Waals surface area contributed by atoms with E-state index < -0.39 is 6.17 Å². The van der Waals surface area contributed by atoms with Gasteiger partial charge in [0.05, 0.1) is 11.6 Å². The molecule has 0 amide bonds. The molecule has 1 aliphatic carbocycles. The molecule has 0 radical (unpaired) electrons. The van der Waals surface area contributed by atoms with Crippen LogP contribution in [0.25, 0.3) is 0 Å². The molecular weight excluding hydrogens is 129 g/mol. The minimum Gasteiger partial charge on any atom is -0.241 e. The van der Waals surface area contributed by atoms with Crippen LogP contribution in [0.2, 0.25) is 0 Å². The molecule has 0 spiro atoms. The first-order chi connectivity index (χ1) is 4.74. The number of hydrogen-bond acceptors (Lipinski definition) is 1. The van der Waals surface area contributed by atoms with E-state index in [-0.39, 0.29) is 5.57 Å². The maximum Gasteiger partial charge on any atom is 0.139 e. The Morgan fingerprint density at radius 2 is 2.40 bits per heavy atom. The van der Waals surface area contributed by atoms with Gasteiger partial charge < -0.3 is 0 Å². The average molecular weight is 137 g/mol. The Morgan fingerprint density at radius 3 is 2.90 bits per heavy atom. The van der Waals surface area contributed by atoms with Crippen molar-refractivity contribution in [3.8, 4) is 6.07 Å². The highest BCUT2D eigenvalue weighted by Gasteiger charge is 2.15. The van der Waals surface area contributed by atoms with Crippen LogP contribution in [0.1, 0.15) is 13.3 Å². The van der Waals surface area contributed by atoms with Crippen molar-refractivity contribution >= 4 is 0 Å². The molecule has 1 aliphatic rings. The third-order valence-corrected chi connectivity index (χ3v) is 1.52. The van der Waals surface area contributed by atoms with Crippen molar-refractivity contribution in [3.05, 3.63) is 23.3 Å². The van der Waals surface area contributed by atoms with Crippen LogP contribution < -0.4 is 0 Å². The van der Waals surface area contributed by atoms with E-state index in [9.17, 15) is 4.39 Å². The second-order valence-electron chi connectivity index (χ2n) is 2.42. The van der Waals surface area contributed by atoms with E-state index in [1.54, 1.807) is 12.2 Å². The number of rotatable bonds is 0. The van der Waals surface area contributed by atoms with Gasteiger partial charge in [0.15, 0.2) is 0 Å². The van der Waals surface area contributed by atoms with Crippen molar-refractivity contribution in [2.24, 2.45) is 0 Å². The Hall–Kier alpha value is -1.10. The number of hydrogen-bond donors (Lipinski definition) is 0. The summed E-state index contributed by atoms with van der Waals surface area (Å²) in [6.07, 6.45) is 2.63. The van der Waals surface area contributed by atoms with E-state index in [1.165, 1.54) is 0 Å². The summed E-state index contributed by atoms with van der Waals surface area (Å²) in [6, 6.07) is 1.82. The smallest absolute Gasteiger partial charge is 0.139 e. The van der Waals surface area contributed by atoms with Crippen LogP contribution in [0.15, 0.2) is 23.3 Å². The lowest BCUT2D eigenvalue weighted by Crippen LogP contribution is -2.06. The second-order valence-corrected chi connectivity index (χ2v) is 2.42. The lowest BCUT2D eigenvalue weighted by Gasteiger charge is -2.10. The first-order valence-corrected chi connectivity index (χ1v) is 3.15. The van der Waals surface area contributed by atoms with E-state index in [0.29, 0.717) is 6.42 Å². The van der Waals surface area contributed by atoms with Crippen molar-refractivity contribution in [1.82, 2.24) is 0 Å². The normalized spacial score (nSPS) is 24.7. The summed E-state index contributed by atoms with van der Waals surface area (Å²) >= 11 is 0. The van der Waals surface area contributed by atoms with Gasteiger partial charge in [-0.3, -0.25) is 0 Å². The monoisotopic (exact) mass is 137 g/mol. The summed E-state index contributed by atoms with van der Waals surface area (Å²) in [5.74, 6) is 0. The Kier molecular flexibility index (Phi) is 1.86. The summed E-state index contributed by atoms with van der Waals surface area (Å²) in [5, 5.41) is 8.36. The Bertz CT molecular complexity index is 232. The molecule has 0 bridgehead atoms. The third-order valence-electron chi connectivity index (χ3n) is 1.52. The predicted octanol–water partition coefficient (Wildman–Crippen LogP) is 2.12. The third kappa shape index (κ3) is 1.24. The fraction of sp³-hybridized carbons (Fsp3) is 0.375. The zero-order valence-electron chi connectivity index (χ0n) is 5.76. The van der Waals surface area contributed by atoms with Gasteiger partial charge >= 0.3 is 0 Å². The zero-order valence-corrected chi connectivity index (χ0v) is 5.76. The number of nitrogens with zero attached hydrogens (tertiary/aromatic N) is 1. The Morgan fingerprint density at radius 1 is 1.70 bits per heavy atom. The lowest BCUT2D eigenvalue weighted by molar-refractivity contribution is 0.383. The summed E-state index contributed by atoms with van der Waals surface area (Å²) in [4.78, 5) is 0. The van der Waals surface area contributed by atoms with E-state index in [4.69, 9.17) is 5.26 Å². The highest BCUT2D eigenvalue weighted by molar-refractivity contribution is 5.35. The van der Waals surface area contributed by atoms with Crippen LogP contribution in [-0.2, 0) is 0 Å². The first kappa shape index (κ1) is 7.01. The molecule has 0 saturated carbocycles. The van der Waals surface area contributed by atoms with E-state index in [1.807, 2.05) is 13.0 Å². The molecule has 10 heavy (non-hydrogen) atoms. The Balaban J connectivity index is 2.84.